The summed E-state index contributed by atoms with van der Waals surface area (Å²) in [6, 6.07) is 4.05. The number of pyridine rings is 1. The lowest BCUT2D eigenvalue weighted by atomic mass is 9.92. The van der Waals surface area contributed by atoms with Gasteiger partial charge in [0.2, 0.25) is 0 Å². The van der Waals surface area contributed by atoms with Crippen LogP contribution in [-0.4, -0.2) is 29.4 Å². The third kappa shape index (κ3) is 3.01. The van der Waals surface area contributed by atoms with Crippen molar-refractivity contribution in [3.8, 4) is 0 Å². The maximum Gasteiger partial charge on any atom is 0.0612 e. The van der Waals surface area contributed by atoms with Gasteiger partial charge in [-0.25, -0.2) is 0 Å². The van der Waals surface area contributed by atoms with Gasteiger partial charge in [-0.2, -0.15) is 0 Å². The first-order chi connectivity index (χ1) is 7.36. The van der Waals surface area contributed by atoms with Crippen molar-refractivity contribution in [2.45, 2.75) is 25.4 Å². The lowest BCUT2D eigenvalue weighted by Crippen LogP contribution is -2.32. The number of aryl methyl sites for hydroxylation is 1. The summed E-state index contributed by atoms with van der Waals surface area (Å²) < 4.78 is 5.37. The first-order valence-corrected chi connectivity index (χ1v) is 5.51. The van der Waals surface area contributed by atoms with Gasteiger partial charge in [0.1, 0.15) is 0 Å². The zero-order chi connectivity index (χ0) is 10.5. The van der Waals surface area contributed by atoms with Crippen LogP contribution in [0.1, 0.15) is 18.4 Å². The average molecular weight is 207 g/mol. The molecule has 3 nitrogen and oxygen atoms in total. The Morgan fingerprint density at radius 3 is 2.93 bits per heavy atom. The van der Waals surface area contributed by atoms with E-state index in [4.69, 9.17) is 4.74 Å². The van der Waals surface area contributed by atoms with Crippen LogP contribution in [0.3, 0.4) is 0 Å². The number of hydrogen-bond acceptors (Lipinski definition) is 3. The topological polar surface area (TPSA) is 42.4 Å². The smallest absolute Gasteiger partial charge is 0.0612 e. The zero-order valence-electron chi connectivity index (χ0n) is 8.80. The molecule has 1 fully saturated rings. The Bertz CT molecular complexity index is 289. The molecular formula is C12H17NO2. The molecule has 0 saturated carbocycles. The minimum atomic E-state index is -0.180. The molecule has 82 valence electrons. The van der Waals surface area contributed by atoms with Crippen molar-refractivity contribution >= 4 is 0 Å². The van der Waals surface area contributed by atoms with E-state index in [0.29, 0.717) is 19.1 Å². The highest BCUT2D eigenvalue weighted by atomic mass is 16.5. The fraction of sp³-hybridized carbons (Fsp3) is 0.583. The van der Waals surface area contributed by atoms with Crippen molar-refractivity contribution in [1.82, 2.24) is 4.98 Å². The van der Waals surface area contributed by atoms with Crippen LogP contribution in [0.5, 0.6) is 0 Å². The first kappa shape index (κ1) is 10.6. The lowest BCUT2D eigenvalue weighted by Gasteiger charge is -2.27. The summed E-state index contributed by atoms with van der Waals surface area (Å²) in [4.78, 5) is 3.98. The molecule has 0 bridgehead atoms. The molecule has 1 aromatic rings. The van der Waals surface area contributed by atoms with Crippen molar-refractivity contribution in [2.24, 2.45) is 5.92 Å². The van der Waals surface area contributed by atoms with Crippen molar-refractivity contribution in [3.05, 3.63) is 30.1 Å². The summed E-state index contributed by atoms with van der Waals surface area (Å²) in [6.45, 7) is 1.40. The van der Waals surface area contributed by atoms with E-state index >= 15 is 0 Å². The zero-order valence-corrected chi connectivity index (χ0v) is 8.80. The van der Waals surface area contributed by atoms with Gasteiger partial charge in [0.05, 0.1) is 12.7 Å². The Balaban J connectivity index is 1.82. The van der Waals surface area contributed by atoms with Gasteiger partial charge >= 0.3 is 0 Å². The Labute approximate surface area is 90.1 Å². The molecule has 15 heavy (non-hydrogen) atoms. The minimum Gasteiger partial charge on any atom is -0.393 e. The summed E-state index contributed by atoms with van der Waals surface area (Å²) >= 11 is 0. The van der Waals surface area contributed by atoms with Crippen LogP contribution in [0.25, 0.3) is 0 Å². The van der Waals surface area contributed by atoms with Gasteiger partial charge in [0, 0.05) is 24.9 Å². The summed E-state index contributed by atoms with van der Waals surface area (Å²) in [7, 11) is 0. The van der Waals surface area contributed by atoms with Crippen molar-refractivity contribution in [3.63, 3.8) is 0 Å². The van der Waals surface area contributed by atoms with E-state index in [1.807, 2.05) is 24.5 Å². The van der Waals surface area contributed by atoms with Crippen LogP contribution < -0.4 is 0 Å². The van der Waals surface area contributed by atoms with Crippen LogP contribution in [0, 0.1) is 5.92 Å². The Kier molecular flexibility index (Phi) is 3.69. The highest BCUT2D eigenvalue weighted by Gasteiger charge is 2.22. The molecule has 0 amide bonds. The third-order valence-electron chi connectivity index (χ3n) is 2.99. The molecule has 1 aliphatic heterocycles. The van der Waals surface area contributed by atoms with Crippen molar-refractivity contribution in [1.29, 1.82) is 0 Å². The molecule has 1 aliphatic rings. The van der Waals surface area contributed by atoms with Crippen LogP contribution >= 0.6 is 0 Å². The van der Waals surface area contributed by atoms with E-state index in [9.17, 15) is 5.11 Å². The molecule has 1 saturated heterocycles. The van der Waals surface area contributed by atoms with Gasteiger partial charge in [-0.1, -0.05) is 0 Å². The molecule has 0 aromatic carbocycles. The van der Waals surface area contributed by atoms with Gasteiger partial charge < -0.3 is 9.84 Å². The second-order valence-electron chi connectivity index (χ2n) is 4.09. The molecule has 1 aromatic heterocycles. The number of nitrogens with zero attached hydrogens (tertiary/aromatic N) is 1. The van der Waals surface area contributed by atoms with Gasteiger partial charge in [0.25, 0.3) is 0 Å². The van der Waals surface area contributed by atoms with Gasteiger partial charge in [-0.05, 0) is 37.0 Å². The van der Waals surface area contributed by atoms with Crippen LogP contribution in [0.4, 0.5) is 0 Å². The number of aliphatic hydroxyl groups excluding tert-OH is 1. The standard InChI is InChI=1S/C12H17NO2/c14-12-5-8-15-9-11(12)2-1-10-3-6-13-7-4-10/h3-4,6-7,11-12,14H,1-2,5,8-9H2. The molecule has 2 rings (SSSR count). The van der Waals surface area contributed by atoms with Crippen LogP contribution in [0.2, 0.25) is 0 Å². The summed E-state index contributed by atoms with van der Waals surface area (Å²) in [5.74, 6) is 0.298. The third-order valence-corrected chi connectivity index (χ3v) is 2.99. The van der Waals surface area contributed by atoms with Gasteiger partial charge in [0.15, 0.2) is 0 Å². The Hall–Kier alpha value is -0.930. The maximum absolute atomic E-state index is 9.75. The fourth-order valence-electron chi connectivity index (χ4n) is 1.96. The fourth-order valence-corrected chi connectivity index (χ4v) is 1.96. The molecule has 0 spiro atoms. The van der Waals surface area contributed by atoms with E-state index in [1.54, 1.807) is 0 Å². The monoisotopic (exact) mass is 207 g/mol. The maximum atomic E-state index is 9.75. The van der Waals surface area contributed by atoms with E-state index in [1.165, 1.54) is 5.56 Å². The predicted octanol–water partition coefficient (Wildman–Crippen LogP) is 1.41. The molecule has 0 aliphatic carbocycles. The van der Waals surface area contributed by atoms with Crippen molar-refractivity contribution in [2.75, 3.05) is 13.2 Å². The van der Waals surface area contributed by atoms with E-state index in [0.717, 1.165) is 19.3 Å². The average Bonchev–Trinajstić information content (AvgIpc) is 2.29. The quantitative estimate of drug-likeness (QED) is 0.815. The Morgan fingerprint density at radius 2 is 2.20 bits per heavy atom. The molecular weight excluding hydrogens is 190 g/mol. The number of hydrogen-bond donors (Lipinski definition) is 1. The first-order valence-electron chi connectivity index (χ1n) is 5.51. The minimum absolute atomic E-state index is 0.180. The number of aromatic nitrogens is 1. The van der Waals surface area contributed by atoms with E-state index in [2.05, 4.69) is 4.98 Å². The van der Waals surface area contributed by atoms with Crippen LogP contribution in [0.15, 0.2) is 24.5 Å². The molecule has 2 unspecified atom stereocenters. The predicted molar refractivity (Wildman–Crippen MR) is 57.5 cm³/mol. The second-order valence-corrected chi connectivity index (χ2v) is 4.09. The molecule has 3 heteroatoms. The summed E-state index contributed by atoms with van der Waals surface area (Å²) in [5.41, 5.74) is 1.28. The molecule has 2 heterocycles. The highest BCUT2D eigenvalue weighted by molar-refractivity contribution is 5.09. The molecule has 2 atom stereocenters. The van der Waals surface area contributed by atoms with Gasteiger partial charge in [-0.15, -0.1) is 0 Å². The second kappa shape index (κ2) is 5.24. The number of ether oxygens (including phenoxy) is 1. The molecule has 0 radical (unpaired) electrons. The SMILES string of the molecule is OC1CCOCC1CCc1ccncc1. The molecule has 1 N–H and O–H groups in total. The Morgan fingerprint density at radius 1 is 1.40 bits per heavy atom. The highest BCUT2D eigenvalue weighted by Crippen LogP contribution is 2.20. The number of rotatable bonds is 3. The van der Waals surface area contributed by atoms with Crippen molar-refractivity contribution < 1.29 is 9.84 Å². The van der Waals surface area contributed by atoms with Gasteiger partial charge in [-0.3, -0.25) is 4.98 Å². The van der Waals surface area contributed by atoms with Crippen LogP contribution in [-0.2, 0) is 11.2 Å². The van der Waals surface area contributed by atoms with E-state index in [-0.39, 0.29) is 6.10 Å². The summed E-state index contributed by atoms with van der Waals surface area (Å²) in [5, 5.41) is 9.75. The largest absolute Gasteiger partial charge is 0.393 e. The number of aliphatic hydroxyl groups is 1. The summed E-state index contributed by atoms with van der Waals surface area (Å²) in [6.07, 6.45) is 6.20. The normalized spacial score (nSPS) is 26.5. The lowest BCUT2D eigenvalue weighted by molar-refractivity contribution is -0.0380. The van der Waals surface area contributed by atoms with E-state index < -0.39 is 0 Å².